The Morgan fingerprint density at radius 2 is 1.92 bits per heavy atom. The van der Waals surface area contributed by atoms with Crippen LogP contribution in [0.5, 0.6) is 17.2 Å². The molecule has 0 aromatic heterocycles. The highest BCUT2D eigenvalue weighted by Gasteiger charge is 2.37. The van der Waals surface area contributed by atoms with E-state index in [-0.39, 0.29) is 17.3 Å². The third kappa shape index (κ3) is 2.68. The van der Waals surface area contributed by atoms with Crippen LogP contribution >= 0.6 is 0 Å². The molecule has 2 aromatic carbocycles. The van der Waals surface area contributed by atoms with Gasteiger partial charge in [0.1, 0.15) is 19.0 Å². The van der Waals surface area contributed by atoms with Gasteiger partial charge in [-0.15, -0.1) is 5.12 Å². The van der Waals surface area contributed by atoms with Crippen molar-refractivity contribution in [2.24, 2.45) is 16.6 Å². The summed E-state index contributed by atoms with van der Waals surface area (Å²) in [5.74, 6) is 6.78. The molecule has 9 heteroatoms. The lowest BCUT2D eigenvalue weighted by Crippen LogP contribution is -2.52. The van der Waals surface area contributed by atoms with Gasteiger partial charge in [-0.3, -0.25) is 4.79 Å². The molecular formula is C17H17N5O4. The fourth-order valence-electron chi connectivity index (χ4n) is 2.88. The van der Waals surface area contributed by atoms with Crippen molar-refractivity contribution < 1.29 is 19.4 Å². The maximum atomic E-state index is 12.7. The van der Waals surface area contributed by atoms with Gasteiger partial charge >= 0.3 is 0 Å². The first-order chi connectivity index (χ1) is 12.5. The Balaban J connectivity index is 1.62. The summed E-state index contributed by atoms with van der Waals surface area (Å²) in [7, 11) is 0. The van der Waals surface area contributed by atoms with Crippen LogP contribution in [-0.4, -0.2) is 40.3 Å². The lowest BCUT2D eigenvalue weighted by Gasteiger charge is -2.27. The summed E-state index contributed by atoms with van der Waals surface area (Å²) >= 11 is 0. The molecule has 1 unspecified atom stereocenters. The molecule has 2 aromatic rings. The fraction of sp³-hybridized carbons (Fsp3) is 0.176. The summed E-state index contributed by atoms with van der Waals surface area (Å²) in [4.78, 5) is 17.0. The molecule has 2 aliphatic heterocycles. The number of guanidine groups is 1. The Labute approximate surface area is 149 Å². The summed E-state index contributed by atoms with van der Waals surface area (Å²) in [6, 6.07) is 11.2. The van der Waals surface area contributed by atoms with Crippen LogP contribution in [0.15, 0.2) is 47.5 Å². The SMILES string of the molecule is NC1=NC(c2ccc3c(c2)OCCO3)N(N)N1C(=O)c1cccc(O)c1. The molecule has 26 heavy (non-hydrogen) atoms. The van der Waals surface area contributed by atoms with Crippen molar-refractivity contribution in [3.05, 3.63) is 53.6 Å². The molecule has 2 heterocycles. The molecule has 0 radical (unpaired) electrons. The third-order valence-electron chi connectivity index (χ3n) is 4.10. The molecule has 0 aliphatic carbocycles. The molecule has 134 valence electrons. The van der Waals surface area contributed by atoms with E-state index in [1.165, 1.54) is 12.1 Å². The van der Waals surface area contributed by atoms with Crippen LogP contribution in [0.3, 0.4) is 0 Å². The van der Waals surface area contributed by atoms with Crippen LogP contribution in [0.2, 0.25) is 0 Å². The summed E-state index contributed by atoms with van der Waals surface area (Å²) in [5, 5.41) is 11.8. The van der Waals surface area contributed by atoms with Crippen molar-refractivity contribution in [3.63, 3.8) is 0 Å². The number of ether oxygens (including phenoxy) is 2. The largest absolute Gasteiger partial charge is 0.508 e. The number of phenolic OH excluding ortho intramolecular Hbond substituents is 1. The molecule has 2 aliphatic rings. The molecule has 1 amide bonds. The highest BCUT2D eigenvalue weighted by atomic mass is 16.6. The molecular weight excluding hydrogens is 338 g/mol. The first kappa shape index (κ1) is 16.2. The van der Waals surface area contributed by atoms with Gasteiger partial charge in [0.05, 0.1) is 0 Å². The number of nitrogens with zero attached hydrogens (tertiary/aromatic N) is 3. The van der Waals surface area contributed by atoms with Gasteiger partial charge in [-0.1, -0.05) is 12.1 Å². The molecule has 9 nitrogen and oxygen atoms in total. The molecule has 0 bridgehead atoms. The summed E-state index contributed by atoms with van der Waals surface area (Å²) in [6.07, 6.45) is -0.688. The first-order valence-electron chi connectivity index (χ1n) is 7.95. The summed E-state index contributed by atoms with van der Waals surface area (Å²) < 4.78 is 11.1. The number of carbonyl (C=O) groups is 1. The lowest BCUT2D eigenvalue weighted by molar-refractivity contribution is 0.0198. The van der Waals surface area contributed by atoms with Gasteiger partial charge in [0.2, 0.25) is 5.96 Å². The van der Waals surface area contributed by atoms with Crippen molar-refractivity contribution in [1.82, 2.24) is 10.1 Å². The maximum absolute atomic E-state index is 12.7. The molecule has 4 rings (SSSR count). The van der Waals surface area contributed by atoms with Gasteiger partial charge in [-0.2, -0.15) is 5.01 Å². The number of phenols is 1. The number of aromatic hydroxyl groups is 1. The smallest absolute Gasteiger partial charge is 0.276 e. The van der Waals surface area contributed by atoms with E-state index in [9.17, 15) is 9.90 Å². The van der Waals surface area contributed by atoms with E-state index >= 15 is 0 Å². The monoisotopic (exact) mass is 355 g/mol. The molecule has 0 fully saturated rings. The van der Waals surface area contributed by atoms with Crippen molar-refractivity contribution in [1.29, 1.82) is 0 Å². The number of amides is 1. The Hall–Kier alpha value is -3.30. The number of fused-ring (bicyclic) bond motifs is 1. The van der Waals surface area contributed by atoms with Crippen LogP contribution in [0.1, 0.15) is 22.1 Å². The molecule has 0 saturated heterocycles. The van der Waals surface area contributed by atoms with Crippen LogP contribution in [-0.2, 0) is 0 Å². The Morgan fingerprint density at radius 3 is 2.69 bits per heavy atom. The number of benzene rings is 2. The Morgan fingerprint density at radius 1 is 1.15 bits per heavy atom. The van der Waals surface area contributed by atoms with E-state index in [1.807, 2.05) is 0 Å². The van der Waals surface area contributed by atoms with Crippen LogP contribution in [0, 0.1) is 0 Å². The number of hydrogen-bond donors (Lipinski definition) is 3. The van der Waals surface area contributed by atoms with E-state index in [1.54, 1.807) is 30.3 Å². The minimum atomic E-state index is -0.688. The molecule has 5 N–H and O–H groups in total. The maximum Gasteiger partial charge on any atom is 0.276 e. The summed E-state index contributed by atoms with van der Waals surface area (Å²) in [5.41, 5.74) is 6.86. The molecule has 0 saturated carbocycles. The average Bonchev–Trinajstić information content (AvgIpc) is 2.95. The second-order valence-electron chi connectivity index (χ2n) is 5.81. The third-order valence-corrected chi connectivity index (χ3v) is 4.10. The highest BCUT2D eigenvalue weighted by Crippen LogP contribution is 2.36. The first-order valence-corrected chi connectivity index (χ1v) is 7.95. The minimum Gasteiger partial charge on any atom is -0.508 e. The predicted octanol–water partition coefficient (Wildman–Crippen LogP) is 0.723. The molecule has 1 atom stereocenters. The normalized spacial score (nSPS) is 19.3. The topological polar surface area (TPSA) is 127 Å². The number of rotatable bonds is 2. The summed E-state index contributed by atoms with van der Waals surface area (Å²) in [6.45, 7) is 0.955. The van der Waals surface area contributed by atoms with E-state index in [4.69, 9.17) is 21.1 Å². The van der Waals surface area contributed by atoms with E-state index < -0.39 is 12.1 Å². The van der Waals surface area contributed by atoms with Gasteiger partial charge in [0, 0.05) is 5.56 Å². The zero-order valence-corrected chi connectivity index (χ0v) is 13.7. The lowest BCUT2D eigenvalue weighted by atomic mass is 10.1. The van der Waals surface area contributed by atoms with Crippen molar-refractivity contribution >= 4 is 11.9 Å². The quantitative estimate of drug-likeness (QED) is 0.678. The van der Waals surface area contributed by atoms with Crippen molar-refractivity contribution in [2.45, 2.75) is 6.17 Å². The van der Waals surface area contributed by atoms with Crippen molar-refractivity contribution in [3.8, 4) is 17.2 Å². The highest BCUT2D eigenvalue weighted by molar-refractivity contribution is 6.05. The van der Waals surface area contributed by atoms with Crippen LogP contribution in [0.25, 0.3) is 0 Å². The van der Waals surface area contributed by atoms with Gasteiger partial charge in [0.15, 0.2) is 17.7 Å². The van der Waals surface area contributed by atoms with Gasteiger partial charge < -0.3 is 20.3 Å². The van der Waals surface area contributed by atoms with Gasteiger partial charge in [-0.05, 0) is 35.9 Å². The molecule has 0 spiro atoms. The standard InChI is InChI=1S/C17H17N5O4/c18-17-20-15(10-4-5-13-14(9-10)26-7-6-25-13)22(19)21(17)16(24)11-2-1-3-12(23)8-11/h1-5,8-9,15,23H,6-7,19H2,(H2,18,20). The fourth-order valence-corrected chi connectivity index (χ4v) is 2.88. The predicted molar refractivity (Wildman–Crippen MR) is 92.1 cm³/mol. The zero-order chi connectivity index (χ0) is 18.3. The average molecular weight is 355 g/mol. The van der Waals surface area contributed by atoms with Crippen LogP contribution in [0.4, 0.5) is 0 Å². The second-order valence-corrected chi connectivity index (χ2v) is 5.81. The van der Waals surface area contributed by atoms with Gasteiger partial charge in [-0.25, -0.2) is 10.8 Å². The zero-order valence-electron chi connectivity index (χ0n) is 13.7. The number of carbonyl (C=O) groups excluding carboxylic acids is 1. The number of aliphatic imine (C=N–C) groups is 1. The van der Waals surface area contributed by atoms with Crippen LogP contribution < -0.4 is 21.1 Å². The minimum absolute atomic E-state index is 0.0301. The number of hydrogen-bond acceptors (Lipinski definition) is 8. The second kappa shape index (κ2) is 6.21. The van der Waals surface area contributed by atoms with E-state index in [0.717, 1.165) is 10.1 Å². The van der Waals surface area contributed by atoms with E-state index in [2.05, 4.69) is 4.99 Å². The van der Waals surface area contributed by atoms with Crippen molar-refractivity contribution in [2.75, 3.05) is 13.2 Å². The number of nitrogens with two attached hydrogens (primary N) is 2. The number of hydrazine groups is 2. The van der Waals surface area contributed by atoms with Gasteiger partial charge in [0.25, 0.3) is 5.91 Å². The Bertz CT molecular complexity index is 900. The van der Waals surface area contributed by atoms with E-state index in [0.29, 0.717) is 30.3 Å². The Kier molecular flexibility index (Phi) is 3.86.